The summed E-state index contributed by atoms with van der Waals surface area (Å²) in [5.74, 6) is 0.149. The molecule has 4 N–H and O–H groups in total. The van der Waals surface area contributed by atoms with E-state index in [1.54, 1.807) is 18.2 Å². The second-order valence-electron chi connectivity index (χ2n) is 4.35. The van der Waals surface area contributed by atoms with Crippen molar-refractivity contribution in [2.45, 2.75) is 13.5 Å². The molecule has 0 aliphatic carbocycles. The number of ether oxygens (including phenoxy) is 1. The lowest BCUT2D eigenvalue weighted by Gasteiger charge is -2.11. The average Bonchev–Trinajstić information content (AvgIpc) is 2.40. The Morgan fingerprint density at radius 3 is 2.68 bits per heavy atom. The number of amides is 1. The van der Waals surface area contributed by atoms with E-state index in [0.29, 0.717) is 17.0 Å². The van der Waals surface area contributed by atoms with Crippen LogP contribution in [-0.4, -0.2) is 5.91 Å². The van der Waals surface area contributed by atoms with Crippen LogP contribution in [0.1, 0.15) is 21.5 Å². The van der Waals surface area contributed by atoms with Crippen LogP contribution < -0.4 is 16.2 Å². The van der Waals surface area contributed by atoms with Gasteiger partial charge in [0.15, 0.2) is 0 Å². The van der Waals surface area contributed by atoms with Gasteiger partial charge in [-0.2, -0.15) is 0 Å². The Balaban J connectivity index is 2.19. The molecule has 0 unspecified atom stereocenters. The van der Waals surface area contributed by atoms with E-state index in [4.69, 9.17) is 16.2 Å². The van der Waals surface area contributed by atoms with Crippen LogP contribution >= 0.6 is 0 Å². The van der Waals surface area contributed by atoms with Crippen molar-refractivity contribution < 1.29 is 9.53 Å². The van der Waals surface area contributed by atoms with Gasteiger partial charge < -0.3 is 16.2 Å². The molecule has 0 aromatic heterocycles. The summed E-state index contributed by atoms with van der Waals surface area (Å²) >= 11 is 0. The minimum Gasteiger partial charge on any atom is -0.487 e. The average molecular weight is 256 g/mol. The Morgan fingerprint density at radius 1 is 1.21 bits per heavy atom. The monoisotopic (exact) mass is 256 g/mol. The van der Waals surface area contributed by atoms with Crippen LogP contribution in [0.3, 0.4) is 0 Å². The molecule has 98 valence electrons. The SMILES string of the molecule is Cc1ccc(N)c(OCc2ccccc2C(N)=O)c1. The normalized spacial score (nSPS) is 10.2. The van der Waals surface area contributed by atoms with E-state index < -0.39 is 5.91 Å². The van der Waals surface area contributed by atoms with Crippen LogP contribution in [0.25, 0.3) is 0 Å². The van der Waals surface area contributed by atoms with Crippen LogP contribution in [0.5, 0.6) is 5.75 Å². The van der Waals surface area contributed by atoms with Gasteiger partial charge in [-0.1, -0.05) is 24.3 Å². The van der Waals surface area contributed by atoms with Crippen molar-refractivity contribution in [3.05, 3.63) is 59.2 Å². The minimum absolute atomic E-state index is 0.257. The standard InChI is InChI=1S/C15H16N2O2/c1-10-6-7-13(16)14(8-10)19-9-11-4-2-3-5-12(11)15(17)18/h2-8H,9,16H2,1H3,(H2,17,18). The van der Waals surface area contributed by atoms with Gasteiger partial charge in [0, 0.05) is 11.1 Å². The minimum atomic E-state index is -0.462. The predicted molar refractivity (Wildman–Crippen MR) is 74.9 cm³/mol. The number of primary amides is 1. The van der Waals surface area contributed by atoms with E-state index in [0.717, 1.165) is 11.1 Å². The second kappa shape index (κ2) is 5.44. The summed E-state index contributed by atoms with van der Waals surface area (Å²) in [5.41, 5.74) is 14.0. The summed E-state index contributed by atoms with van der Waals surface area (Å²) in [6.45, 7) is 2.22. The van der Waals surface area contributed by atoms with Gasteiger partial charge in [0.05, 0.1) is 5.69 Å². The van der Waals surface area contributed by atoms with E-state index in [1.165, 1.54) is 0 Å². The number of carbonyl (C=O) groups excluding carboxylic acids is 1. The summed E-state index contributed by atoms with van der Waals surface area (Å²) in [5, 5.41) is 0. The third-order valence-electron chi connectivity index (χ3n) is 2.84. The van der Waals surface area contributed by atoms with Crippen molar-refractivity contribution in [3.63, 3.8) is 0 Å². The molecule has 0 atom stereocenters. The van der Waals surface area contributed by atoms with Crippen molar-refractivity contribution in [2.24, 2.45) is 5.73 Å². The Bertz CT molecular complexity index is 609. The highest BCUT2D eigenvalue weighted by Gasteiger charge is 2.08. The molecule has 0 heterocycles. The van der Waals surface area contributed by atoms with Gasteiger partial charge in [-0.25, -0.2) is 0 Å². The van der Waals surface area contributed by atoms with Gasteiger partial charge in [-0.15, -0.1) is 0 Å². The maximum absolute atomic E-state index is 11.3. The number of benzene rings is 2. The van der Waals surface area contributed by atoms with Crippen molar-refractivity contribution in [1.29, 1.82) is 0 Å². The molecule has 0 spiro atoms. The van der Waals surface area contributed by atoms with Crippen molar-refractivity contribution in [2.75, 3.05) is 5.73 Å². The van der Waals surface area contributed by atoms with E-state index in [2.05, 4.69) is 0 Å². The molecule has 4 heteroatoms. The fraction of sp³-hybridized carbons (Fsp3) is 0.133. The molecule has 0 fully saturated rings. The van der Waals surface area contributed by atoms with Crippen LogP contribution in [0.15, 0.2) is 42.5 Å². The highest BCUT2D eigenvalue weighted by molar-refractivity contribution is 5.94. The number of rotatable bonds is 4. The number of nitrogens with two attached hydrogens (primary N) is 2. The largest absolute Gasteiger partial charge is 0.487 e. The zero-order valence-electron chi connectivity index (χ0n) is 10.7. The van der Waals surface area contributed by atoms with Gasteiger partial charge in [-0.3, -0.25) is 4.79 Å². The lowest BCUT2D eigenvalue weighted by Crippen LogP contribution is -2.14. The number of hydrogen-bond donors (Lipinski definition) is 2. The summed E-state index contributed by atoms with van der Waals surface area (Å²) < 4.78 is 5.66. The van der Waals surface area contributed by atoms with Crippen LogP contribution in [0.4, 0.5) is 5.69 Å². The fourth-order valence-electron chi connectivity index (χ4n) is 1.81. The molecule has 0 radical (unpaired) electrons. The molecule has 2 aromatic carbocycles. The molecule has 2 aromatic rings. The first-order valence-corrected chi connectivity index (χ1v) is 5.94. The van der Waals surface area contributed by atoms with E-state index >= 15 is 0 Å². The third-order valence-corrected chi connectivity index (χ3v) is 2.84. The van der Waals surface area contributed by atoms with Crippen LogP contribution in [0, 0.1) is 6.92 Å². The smallest absolute Gasteiger partial charge is 0.249 e. The van der Waals surface area contributed by atoms with Gasteiger partial charge in [0.25, 0.3) is 0 Å². The summed E-state index contributed by atoms with van der Waals surface area (Å²) in [6.07, 6.45) is 0. The first-order valence-electron chi connectivity index (χ1n) is 5.94. The summed E-state index contributed by atoms with van der Waals surface area (Å²) in [6, 6.07) is 12.7. The molecule has 0 bridgehead atoms. The lowest BCUT2D eigenvalue weighted by molar-refractivity contribution is 0.0998. The molecule has 0 aliphatic heterocycles. The first kappa shape index (κ1) is 13.0. The Hall–Kier alpha value is -2.49. The molecule has 4 nitrogen and oxygen atoms in total. The number of nitrogen functional groups attached to an aromatic ring is 1. The fourth-order valence-corrected chi connectivity index (χ4v) is 1.81. The maximum atomic E-state index is 11.3. The molecule has 0 saturated heterocycles. The molecule has 0 saturated carbocycles. The molecule has 19 heavy (non-hydrogen) atoms. The second-order valence-corrected chi connectivity index (χ2v) is 4.35. The highest BCUT2D eigenvalue weighted by atomic mass is 16.5. The topological polar surface area (TPSA) is 78.3 Å². The van der Waals surface area contributed by atoms with Crippen LogP contribution in [0.2, 0.25) is 0 Å². The zero-order chi connectivity index (χ0) is 13.8. The quantitative estimate of drug-likeness (QED) is 0.823. The van der Waals surface area contributed by atoms with Crippen molar-refractivity contribution in [1.82, 2.24) is 0 Å². The molecule has 0 aliphatic rings. The predicted octanol–water partition coefficient (Wildman–Crippen LogP) is 2.26. The highest BCUT2D eigenvalue weighted by Crippen LogP contribution is 2.23. The number of carbonyl (C=O) groups is 1. The van der Waals surface area contributed by atoms with Crippen molar-refractivity contribution in [3.8, 4) is 5.75 Å². The first-order chi connectivity index (χ1) is 9.08. The third kappa shape index (κ3) is 3.04. The van der Waals surface area contributed by atoms with Crippen molar-refractivity contribution >= 4 is 11.6 Å². The molecule has 2 rings (SSSR count). The van der Waals surface area contributed by atoms with Gasteiger partial charge in [-0.05, 0) is 30.7 Å². The van der Waals surface area contributed by atoms with Gasteiger partial charge in [0.1, 0.15) is 12.4 Å². The summed E-state index contributed by atoms with van der Waals surface area (Å²) in [4.78, 5) is 11.3. The number of anilines is 1. The zero-order valence-corrected chi connectivity index (χ0v) is 10.7. The molecule has 1 amide bonds. The number of hydrogen-bond acceptors (Lipinski definition) is 3. The van der Waals surface area contributed by atoms with Crippen LogP contribution in [-0.2, 0) is 6.61 Å². The Morgan fingerprint density at radius 2 is 1.95 bits per heavy atom. The molecular formula is C15H16N2O2. The summed E-state index contributed by atoms with van der Waals surface area (Å²) in [7, 11) is 0. The maximum Gasteiger partial charge on any atom is 0.249 e. The number of aryl methyl sites for hydroxylation is 1. The van der Waals surface area contributed by atoms with E-state index in [1.807, 2.05) is 31.2 Å². The molecular weight excluding hydrogens is 240 g/mol. The van der Waals surface area contributed by atoms with Gasteiger partial charge >= 0.3 is 0 Å². The lowest BCUT2D eigenvalue weighted by atomic mass is 10.1. The Labute approximate surface area is 112 Å². The van der Waals surface area contributed by atoms with E-state index in [9.17, 15) is 4.79 Å². The van der Waals surface area contributed by atoms with Gasteiger partial charge in [0.2, 0.25) is 5.91 Å². The Kier molecular flexibility index (Phi) is 3.71. The van der Waals surface area contributed by atoms with E-state index in [-0.39, 0.29) is 6.61 Å².